The normalized spacial score (nSPS) is 11.1. The minimum atomic E-state index is -1.20. The van der Waals surface area contributed by atoms with Crippen LogP contribution < -0.4 is 5.43 Å². The largest absolute Gasteiger partial charge is 0.477 e. The number of carboxylic acid groups (broad SMARTS) is 1. The first-order valence-electron chi connectivity index (χ1n) is 6.68. The van der Waals surface area contributed by atoms with Gasteiger partial charge in [0.25, 0.3) is 0 Å². The van der Waals surface area contributed by atoms with Crippen LogP contribution in [0.5, 0.6) is 0 Å². The molecule has 0 saturated heterocycles. The smallest absolute Gasteiger partial charge is 0.341 e. The van der Waals surface area contributed by atoms with E-state index in [2.05, 4.69) is 4.98 Å². The van der Waals surface area contributed by atoms with Crippen LogP contribution in [-0.4, -0.2) is 20.6 Å². The Labute approximate surface area is 120 Å². The Morgan fingerprint density at radius 1 is 1.38 bits per heavy atom. The first kappa shape index (κ1) is 13.3. The number of hydrogen-bond acceptors (Lipinski definition) is 3. The van der Waals surface area contributed by atoms with E-state index in [9.17, 15) is 14.7 Å². The Bertz CT molecular complexity index is 942. The number of fused-ring (bicyclic) bond motifs is 2. The zero-order chi connectivity index (χ0) is 15.1. The average Bonchev–Trinajstić information content (AvgIpc) is 2.48. The molecule has 3 aromatic rings. The zero-order valence-electron chi connectivity index (χ0n) is 11.8. The van der Waals surface area contributed by atoms with Crippen LogP contribution in [0.1, 0.15) is 22.8 Å². The fraction of sp³-hybridized carbons (Fsp3) is 0.188. The average molecular weight is 282 g/mol. The lowest BCUT2D eigenvalue weighted by Crippen LogP contribution is -2.19. The van der Waals surface area contributed by atoms with Crippen molar-refractivity contribution in [1.82, 2.24) is 9.55 Å². The van der Waals surface area contributed by atoms with Crippen LogP contribution in [0, 0.1) is 6.92 Å². The van der Waals surface area contributed by atoms with Crippen molar-refractivity contribution >= 4 is 27.6 Å². The van der Waals surface area contributed by atoms with Crippen molar-refractivity contribution in [2.24, 2.45) is 0 Å². The summed E-state index contributed by atoms with van der Waals surface area (Å²) in [6.45, 7) is 4.46. The molecule has 5 heteroatoms. The molecule has 1 N–H and O–H groups in total. The number of carbonyl (C=O) groups is 1. The molecule has 0 unspecified atom stereocenters. The van der Waals surface area contributed by atoms with E-state index in [4.69, 9.17) is 0 Å². The van der Waals surface area contributed by atoms with Gasteiger partial charge in [-0.3, -0.25) is 9.78 Å². The van der Waals surface area contributed by atoms with E-state index in [1.54, 1.807) is 18.5 Å². The second-order valence-electron chi connectivity index (χ2n) is 4.96. The second-order valence-corrected chi connectivity index (χ2v) is 4.96. The SMILES string of the molecule is CCn1cc(C(=O)O)c(=O)c2cc3cnccc3c(C)c21. The number of aromatic nitrogens is 2. The molecule has 106 valence electrons. The van der Waals surface area contributed by atoms with E-state index >= 15 is 0 Å². The molecule has 0 radical (unpaired) electrons. The highest BCUT2D eigenvalue weighted by Crippen LogP contribution is 2.26. The molecule has 0 aliphatic rings. The molecule has 0 fully saturated rings. The molecule has 0 aliphatic carbocycles. The molecule has 0 saturated carbocycles. The van der Waals surface area contributed by atoms with Crippen LogP contribution >= 0.6 is 0 Å². The maximum absolute atomic E-state index is 12.4. The van der Waals surface area contributed by atoms with Gasteiger partial charge in [0.15, 0.2) is 0 Å². The van der Waals surface area contributed by atoms with Gasteiger partial charge in [0, 0.05) is 35.9 Å². The fourth-order valence-electron chi connectivity index (χ4n) is 2.79. The number of pyridine rings is 2. The van der Waals surface area contributed by atoms with Gasteiger partial charge in [-0.1, -0.05) is 0 Å². The molecular formula is C16H14N2O3. The number of benzene rings is 1. The molecule has 0 bridgehead atoms. The van der Waals surface area contributed by atoms with Crippen molar-refractivity contribution in [3.8, 4) is 0 Å². The second kappa shape index (κ2) is 4.70. The van der Waals surface area contributed by atoms with Crippen molar-refractivity contribution in [2.45, 2.75) is 20.4 Å². The number of aryl methyl sites for hydroxylation is 2. The van der Waals surface area contributed by atoms with Gasteiger partial charge in [-0.05, 0) is 36.9 Å². The maximum atomic E-state index is 12.4. The minimum absolute atomic E-state index is 0.202. The molecule has 0 atom stereocenters. The zero-order valence-corrected chi connectivity index (χ0v) is 11.8. The molecule has 2 aromatic heterocycles. The van der Waals surface area contributed by atoms with Crippen LogP contribution in [0.25, 0.3) is 21.7 Å². The quantitative estimate of drug-likeness (QED) is 0.733. The van der Waals surface area contributed by atoms with Crippen LogP contribution in [0.2, 0.25) is 0 Å². The number of carboxylic acids is 1. The van der Waals surface area contributed by atoms with Crippen LogP contribution in [0.4, 0.5) is 0 Å². The van der Waals surface area contributed by atoms with Crippen molar-refractivity contribution in [3.05, 3.63) is 52.1 Å². The molecule has 2 heterocycles. The summed E-state index contributed by atoms with van der Waals surface area (Å²) in [5.74, 6) is -1.20. The summed E-state index contributed by atoms with van der Waals surface area (Å²) in [6, 6.07) is 3.63. The summed E-state index contributed by atoms with van der Waals surface area (Å²) < 4.78 is 1.81. The van der Waals surface area contributed by atoms with Gasteiger partial charge in [-0.25, -0.2) is 4.79 Å². The van der Waals surface area contributed by atoms with Crippen molar-refractivity contribution in [1.29, 1.82) is 0 Å². The number of nitrogens with zero attached hydrogens (tertiary/aromatic N) is 2. The van der Waals surface area contributed by atoms with E-state index < -0.39 is 11.4 Å². The molecule has 0 aliphatic heterocycles. The van der Waals surface area contributed by atoms with E-state index in [0.717, 1.165) is 21.9 Å². The predicted octanol–water partition coefficient (Wildman–Crippen LogP) is 2.58. The van der Waals surface area contributed by atoms with E-state index in [1.807, 2.05) is 24.5 Å². The summed E-state index contributed by atoms with van der Waals surface area (Å²) in [4.78, 5) is 27.7. The van der Waals surface area contributed by atoms with Crippen LogP contribution in [0.15, 0.2) is 35.5 Å². The Morgan fingerprint density at radius 2 is 2.14 bits per heavy atom. The topological polar surface area (TPSA) is 72.2 Å². The summed E-state index contributed by atoms with van der Waals surface area (Å²) in [6.07, 6.45) is 4.82. The third-order valence-electron chi connectivity index (χ3n) is 3.80. The van der Waals surface area contributed by atoms with E-state index in [0.29, 0.717) is 11.9 Å². The molecular weight excluding hydrogens is 268 g/mol. The molecule has 0 spiro atoms. The Morgan fingerprint density at radius 3 is 2.81 bits per heavy atom. The number of hydrogen-bond donors (Lipinski definition) is 1. The Hall–Kier alpha value is -2.69. The van der Waals surface area contributed by atoms with Crippen molar-refractivity contribution in [2.75, 3.05) is 0 Å². The summed E-state index contributed by atoms with van der Waals surface area (Å²) in [5.41, 5.74) is 1.09. The lowest BCUT2D eigenvalue weighted by Gasteiger charge is -2.14. The fourth-order valence-corrected chi connectivity index (χ4v) is 2.79. The first-order valence-corrected chi connectivity index (χ1v) is 6.68. The predicted molar refractivity (Wildman–Crippen MR) is 80.9 cm³/mol. The van der Waals surface area contributed by atoms with Crippen LogP contribution in [-0.2, 0) is 6.54 Å². The van der Waals surface area contributed by atoms with Gasteiger partial charge in [-0.2, -0.15) is 0 Å². The van der Waals surface area contributed by atoms with Crippen molar-refractivity contribution in [3.63, 3.8) is 0 Å². The van der Waals surface area contributed by atoms with Gasteiger partial charge < -0.3 is 9.67 Å². The molecule has 5 nitrogen and oxygen atoms in total. The highest BCUT2D eigenvalue weighted by atomic mass is 16.4. The Kier molecular flexibility index (Phi) is 2.97. The monoisotopic (exact) mass is 282 g/mol. The van der Waals surface area contributed by atoms with E-state index in [1.165, 1.54) is 6.20 Å². The molecule has 0 amide bonds. The standard InChI is InChI=1S/C16H14N2O3/c1-3-18-8-13(16(20)21)15(19)12-6-10-7-17-5-4-11(10)9(2)14(12)18/h4-8H,3H2,1-2H3,(H,20,21). The number of rotatable bonds is 2. The summed E-state index contributed by atoms with van der Waals surface area (Å²) >= 11 is 0. The van der Waals surface area contributed by atoms with Crippen LogP contribution in [0.3, 0.4) is 0 Å². The van der Waals surface area contributed by atoms with Gasteiger partial charge in [0.1, 0.15) is 5.56 Å². The maximum Gasteiger partial charge on any atom is 0.341 e. The summed E-state index contributed by atoms with van der Waals surface area (Å²) in [5, 5.41) is 11.5. The highest BCUT2D eigenvalue weighted by molar-refractivity contribution is 6.02. The van der Waals surface area contributed by atoms with Gasteiger partial charge in [-0.15, -0.1) is 0 Å². The third kappa shape index (κ3) is 1.89. The lowest BCUT2D eigenvalue weighted by molar-refractivity contribution is 0.0695. The number of aromatic carboxylic acids is 1. The minimum Gasteiger partial charge on any atom is -0.477 e. The van der Waals surface area contributed by atoms with Gasteiger partial charge >= 0.3 is 5.97 Å². The van der Waals surface area contributed by atoms with E-state index in [-0.39, 0.29) is 5.56 Å². The summed E-state index contributed by atoms with van der Waals surface area (Å²) in [7, 11) is 0. The molecule has 1 aromatic carbocycles. The molecule has 3 rings (SSSR count). The third-order valence-corrected chi connectivity index (χ3v) is 3.80. The van der Waals surface area contributed by atoms with Gasteiger partial charge in [0.05, 0.1) is 5.52 Å². The lowest BCUT2D eigenvalue weighted by atomic mass is 10.0. The highest BCUT2D eigenvalue weighted by Gasteiger charge is 2.16. The first-order chi connectivity index (χ1) is 10.0. The Balaban J connectivity index is 2.61. The van der Waals surface area contributed by atoms with Crippen molar-refractivity contribution < 1.29 is 9.90 Å². The van der Waals surface area contributed by atoms with Gasteiger partial charge in [0.2, 0.25) is 5.43 Å². The molecule has 21 heavy (non-hydrogen) atoms.